The molecule has 0 unspecified atom stereocenters. The van der Waals surface area contributed by atoms with Crippen LogP contribution in [-0.4, -0.2) is 23.5 Å². The van der Waals surface area contributed by atoms with Crippen LogP contribution in [0.25, 0.3) is 0 Å². The normalized spacial score (nSPS) is 13.5. The fourth-order valence-electron chi connectivity index (χ4n) is 1.34. The first-order valence-electron chi connectivity index (χ1n) is 5.75. The van der Waals surface area contributed by atoms with Gasteiger partial charge in [0.15, 0.2) is 0 Å². The second kappa shape index (κ2) is 5.60. The molecule has 0 aliphatic carbocycles. The number of aromatic nitrogens is 1. The van der Waals surface area contributed by atoms with Gasteiger partial charge in [0, 0.05) is 18.3 Å². The minimum absolute atomic E-state index is 0.0931. The van der Waals surface area contributed by atoms with Crippen molar-refractivity contribution in [2.24, 2.45) is 11.1 Å². The fraction of sp³-hybridized carbons (Fsp3) is 0.667. The Balaban J connectivity index is 2.34. The number of nitrogens with zero attached hydrogens (tertiary/aromatic N) is 1. The highest BCUT2D eigenvalue weighted by atomic mass is 32.1. The summed E-state index contributed by atoms with van der Waals surface area (Å²) in [4.78, 5) is 16.1. The molecule has 0 spiro atoms. The third-order valence-electron chi connectivity index (χ3n) is 2.56. The third kappa shape index (κ3) is 4.44. The second-order valence-corrected chi connectivity index (χ2v) is 6.30. The molecule has 0 aliphatic rings. The molecule has 1 aromatic heterocycles. The number of hydrogen-bond donors (Lipinski definition) is 2. The molecule has 0 radical (unpaired) electrons. The summed E-state index contributed by atoms with van der Waals surface area (Å²) in [5.74, 6) is -0.0931. The van der Waals surface area contributed by atoms with E-state index in [0.29, 0.717) is 6.54 Å². The van der Waals surface area contributed by atoms with Crippen LogP contribution in [0, 0.1) is 12.3 Å². The van der Waals surface area contributed by atoms with Crippen LogP contribution in [-0.2, 0) is 11.2 Å². The molecule has 3 N–H and O–H groups in total. The van der Waals surface area contributed by atoms with E-state index in [1.807, 2.05) is 33.1 Å². The van der Waals surface area contributed by atoms with Crippen LogP contribution in [0.1, 0.15) is 31.5 Å². The number of nitrogens with two attached hydrogens (primary N) is 1. The van der Waals surface area contributed by atoms with Crippen LogP contribution in [0.2, 0.25) is 0 Å². The highest BCUT2D eigenvalue weighted by molar-refractivity contribution is 7.09. The van der Waals surface area contributed by atoms with Gasteiger partial charge < -0.3 is 11.1 Å². The Morgan fingerprint density at radius 3 is 2.71 bits per heavy atom. The van der Waals surface area contributed by atoms with E-state index in [1.54, 1.807) is 11.3 Å². The minimum atomic E-state index is -0.473. The smallest absolute Gasteiger partial charge is 0.237 e. The molecule has 1 rings (SSSR count). The van der Waals surface area contributed by atoms with Crippen LogP contribution in [0.5, 0.6) is 0 Å². The molecule has 0 bridgehead atoms. The molecular weight excluding hydrogens is 234 g/mol. The Kier molecular flexibility index (Phi) is 4.65. The lowest BCUT2D eigenvalue weighted by molar-refractivity contribution is -0.124. The van der Waals surface area contributed by atoms with Gasteiger partial charge in [-0.25, -0.2) is 4.98 Å². The predicted molar refractivity (Wildman–Crippen MR) is 71.0 cm³/mol. The molecule has 1 aromatic rings. The van der Waals surface area contributed by atoms with E-state index >= 15 is 0 Å². The van der Waals surface area contributed by atoms with E-state index in [4.69, 9.17) is 5.73 Å². The van der Waals surface area contributed by atoms with Gasteiger partial charge in [0.2, 0.25) is 5.91 Å². The van der Waals surface area contributed by atoms with Gasteiger partial charge in [0.25, 0.3) is 0 Å². The zero-order chi connectivity index (χ0) is 13.1. The monoisotopic (exact) mass is 255 g/mol. The SMILES string of the molecule is Cc1nc(CCNC(=O)[C@H](N)C(C)(C)C)cs1. The van der Waals surface area contributed by atoms with Crippen molar-refractivity contribution in [1.82, 2.24) is 10.3 Å². The van der Waals surface area contributed by atoms with Crippen molar-refractivity contribution in [1.29, 1.82) is 0 Å². The molecule has 0 aromatic carbocycles. The number of hydrogen-bond acceptors (Lipinski definition) is 4. The van der Waals surface area contributed by atoms with Gasteiger partial charge in [-0.05, 0) is 12.3 Å². The lowest BCUT2D eigenvalue weighted by atomic mass is 9.87. The van der Waals surface area contributed by atoms with Crippen molar-refractivity contribution in [3.05, 3.63) is 16.1 Å². The summed E-state index contributed by atoms with van der Waals surface area (Å²) < 4.78 is 0. The Labute approximate surface area is 107 Å². The molecule has 1 heterocycles. The van der Waals surface area contributed by atoms with Crippen molar-refractivity contribution in [2.75, 3.05) is 6.54 Å². The standard InChI is InChI=1S/C12H21N3OS/c1-8-15-9(7-17-8)5-6-14-11(16)10(13)12(2,3)4/h7,10H,5-6,13H2,1-4H3,(H,14,16)/t10-/m0/s1. The average Bonchev–Trinajstić information content (AvgIpc) is 2.61. The number of rotatable bonds is 4. The number of thiazole rings is 1. The van der Waals surface area contributed by atoms with Crippen molar-refractivity contribution < 1.29 is 4.79 Å². The van der Waals surface area contributed by atoms with Gasteiger partial charge in [0.1, 0.15) is 0 Å². The summed E-state index contributed by atoms with van der Waals surface area (Å²) in [5.41, 5.74) is 6.67. The first-order chi connectivity index (χ1) is 7.80. The fourth-order valence-corrected chi connectivity index (χ4v) is 1.99. The van der Waals surface area contributed by atoms with Gasteiger partial charge in [-0.15, -0.1) is 11.3 Å². The van der Waals surface area contributed by atoms with E-state index in [-0.39, 0.29) is 11.3 Å². The van der Waals surface area contributed by atoms with Crippen LogP contribution in [0.3, 0.4) is 0 Å². The number of aryl methyl sites for hydroxylation is 1. The van der Waals surface area contributed by atoms with E-state index in [1.165, 1.54) is 0 Å². The van der Waals surface area contributed by atoms with E-state index in [0.717, 1.165) is 17.1 Å². The summed E-state index contributed by atoms with van der Waals surface area (Å²) in [6.45, 7) is 8.44. The first kappa shape index (κ1) is 14.1. The van der Waals surface area contributed by atoms with Crippen molar-refractivity contribution in [3.63, 3.8) is 0 Å². The lowest BCUT2D eigenvalue weighted by Crippen LogP contribution is -2.49. The highest BCUT2D eigenvalue weighted by Crippen LogP contribution is 2.17. The molecule has 96 valence electrons. The van der Waals surface area contributed by atoms with Gasteiger partial charge in [-0.1, -0.05) is 20.8 Å². The lowest BCUT2D eigenvalue weighted by Gasteiger charge is -2.25. The Morgan fingerprint density at radius 1 is 1.59 bits per heavy atom. The summed E-state index contributed by atoms with van der Waals surface area (Å²) in [6, 6.07) is -0.473. The maximum absolute atomic E-state index is 11.7. The van der Waals surface area contributed by atoms with Gasteiger partial charge in [0.05, 0.1) is 16.7 Å². The number of carbonyl (C=O) groups is 1. The molecule has 17 heavy (non-hydrogen) atoms. The molecule has 0 saturated heterocycles. The van der Waals surface area contributed by atoms with E-state index in [2.05, 4.69) is 10.3 Å². The van der Waals surface area contributed by atoms with Crippen LogP contribution >= 0.6 is 11.3 Å². The van der Waals surface area contributed by atoms with Crippen LogP contribution in [0.4, 0.5) is 0 Å². The van der Waals surface area contributed by atoms with E-state index < -0.39 is 6.04 Å². The summed E-state index contributed by atoms with van der Waals surface area (Å²) in [7, 11) is 0. The number of amides is 1. The quantitative estimate of drug-likeness (QED) is 0.856. The summed E-state index contributed by atoms with van der Waals surface area (Å²) in [5, 5.41) is 5.92. The molecule has 1 amide bonds. The molecule has 1 atom stereocenters. The maximum atomic E-state index is 11.7. The Morgan fingerprint density at radius 2 is 2.24 bits per heavy atom. The Bertz CT molecular complexity index is 381. The maximum Gasteiger partial charge on any atom is 0.237 e. The number of nitrogens with one attached hydrogen (secondary N) is 1. The van der Waals surface area contributed by atoms with Gasteiger partial charge >= 0.3 is 0 Å². The largest absolute Gasteiger partial charge is 0.354 e. The Hall–Kier alpha value is -0.940. The van der Waals surface area contributed by atoms with Gasteiger partial charge in [-0.3, -0.25) is 4.79 Å². The van der Waals surface area contributed by atoms with Crippen LogP contribution in [0.15, 0.2) is 5.38 Å². The topological polar surface area (TPSA) is 68.0 Å². The van der Waals surface area contributed by atoms with Gasteiger partial charge in [-0.2, -0.15) is 0 Å². The molecule has 4 nitrogen and oxygen atoms in total. The zero-order valence-corrected chi connectivity index (χ0v) is 11.7. The predicted octanol–water partition coefficient (Wildman–Crippen LogP) is 1.48. The van der Waals surface area contributed by atoms with Crippen molar-refractivity contribution in [2.45, 2.75) is 40.2 Å². The average molecular weight is 255 g/mol. The molecular formula is C12H21N3OS. The summed E-state index contributed by atoms with van der Waals surface area (Å²) in [6.07, 6.45) is 0.757. The van der Waals surface area contributed by atoms with Crippen molar-refractivity contribution >= 4 is 17.2 Å². The molecule has 0 aliphatic heterocycles. The number of carbonyl (C=O) groups excluding carboxylic acids is 1. The molecule has 5 heteroatoms. The van der Waals surface area contributed by atoms with Crippen LogP contribution < -0.4 is 11.1 Å². The second-order valence-electron chi connectivity index (χ2n) is 5.24. The summed E-state index contributed by atoms with van der Waals surface area (Å²) >= 11 is 1.63. The molecule has 0 fully saturated rings. The highest BCUT2D eigenvalue weighted by Gasteiger charge is 2.26. The van der Waals surface area contributed by atoms with Crippen molar-refractivity contribution in [3.8, 4) is 0 Å². The third-order valence-corrected chi connectivity index (χ3v) is 3.38. The minimum Gasteiger partial charge on any atom is -0.354 e. The zero-order valence-electron chi connectivity index (χ0n) is 10.9. The van der Waals surface area contributed by atoms with E-state index in [9.17, 15) is 4.79 Å². The molecule has 0 saturated carbocycles. The first-order valence-corrected chi connectivity index (χ1v) is 6.63.